The molecule has 0 radical (unpaired) electrons. The van der Waals surface area contributed by atoms with Gasteiger partial charge in [-0.2, -0.15) is 0 Å². The van der Waals surface area contributed by atoms with Gasteiger partial charge in [-0.1, -0.05) is 19.9 Å². The van der Waals surface area contributed by atoms with Gasteiger partial charge in [0.1, 0.15) is 23.0 Å². The fourth-order valence-corrected chi connectivity index (χ4v) is 1.69. The lowest BCUT2D eigenvalue weighted by molar-refractivity contribution is 0.269. The van der Waals surface area contributed by atoms with Gasteiger partial charge < -0.3 is 14.6 Å². The summed E-state index contributed by atoms with van der Waals surface area (Å²) in [4.78, 5) is 8.56. The Labute approximate surface area is 118 Å². The van der Waals surface area contributed by atoms with E-state index in [-0.39, 0.29) is 12.5 Å². The molecule has 1 aromatic carbocycles. The third-order valence-electron chi connectivity index (χ3n) is 2.78. The first-order valence-electron chi connectivity index (χ1n) is 6.42. The van der Waals surface area contributed by atoms with Gasteiger partial charge in [0.05, 0.1) is 19.9 Å². The lowest BCUT2D eigenvalue weighted by Gasteiger charge is -2.11. The Bertz CT molecular complexity index is 585. The Kier molecular flexibility index (Phi) is 4.53. The summed E-state index contributed by atoms with van der Waals surface area (Å²) in [6, 6.07) is 7.23. The van der Waals surface area contributed by atoms with Gasteiger partial charge in [0.2, 0.25) is 0 Å². The molecule has 1 heterocycles. The van der Waals surface area contributed by atoms with E-state index in [0.29, 0.717) is 28.8 Å². The van der Waals surface area contributed by atoms with Crippen LogP contribution in [-0.2, 0) is 6.61 Å². The summed E-state index contributed by atoms with van der Waals surface area (Å²) >= 11 is 0. The number of aromatic nitrogens is 2. The standard InChI is InChI=1S/C15H18N2O3/c1-10(2)15-16-8-14(13(9-18)17-15)20-12-6-4-5-11(7-12)19-3/h4-8,10,18H,9H2,1-3H3. The highest BCUT2D eigenvalue weighted by molar-refractivity contribution is 5.37. The SMILES string of the molecule is COc1cccc(Oc2cnc(C(C)C)nc2CO)c1. The quantitative estimate of drug-likeness (QED) is 0.908. The lowest BCUT2D eigenvalue weighted by Crippen LogP contribution is -2.03. The zero-order valence-corrected chi connectivity index (χ0v) is 11.8. The number of aliphatic hydroxyl groups is 1. The minimum absolute atomic E-state index is 0.193. The maximum atomic E-state index is 9.41. The second-order valence-corrected chi connectivity index (χ2v) is 4.63. The topological polar surface area (TPSA) is 64.5 Å². The highest BCUT2D eigenvalue weighted by atomic mass is 16.5. The highest BCUT2D eigenvalue weighted by Crippen LogP contribution is 2.27. The van der Waals surface area contributed by atoms with Gasteiger partial charge in [-0.3, -0.25) is 0 Å². The van der Waals surface area contributed by atoms with Crippen LogP contribution in [0, 0.1) is 0 Å². The zero-order chi connectivity index (χ0) is 14.5. The molecule has 0 amide bonds. The molecule has 0 aliphatic rings. The van der Waals surface area contributed by atoms with Gasteiger partial charge in [-0.15, -0.1) is 0 Å². The second kappa shape index (κ2) is 6.34. The first-order chi connectivity index (χ1) is 9.63. The summed E-state index contributed by atoms with van der Waals surface area (Å²) < 4.78 is 10.9. The third kappa shape index (κ3) is 3.24. The van der Waals surface area contributed by atoms with E-state index < -0.39 is 0 Å². The Morgan fingerprint density at radius 2 is 2.00 bits per heavy atom. The van der Waals surface area contributed by atoms with E-state index in [1.54, 1.807) is 25.4 Å². The molecule has 0 aliphatic carbocycles. The molecule has 0 fully saturated rings. The molecule has 20 heavy (non-hydrogen) atoms. The molecule has 0 saturated carbocycles. The molecule has 2 aromatic rings. The van der Waals surface area contributed by atoms with Gasteiger partial charge in [0, 0.05) is 12.0 Å². The van der Waals surface area contributed by atoms with Crippen molar-refractivity contribution in [2.75, 3.05) is 7.11 Å². The predicted molar refractivity (Wildman–Crippen MR) is 75.1 cm³/mol. The molecule has 1 N–H and O–H groups in total. The van der Waals surface area contributed by atoms with Crippen LogP contribution < -0.4 is 9.47 Å². The fourth-order valence-electron chi connectivity index (χ4n) is 1.69. The van der Waals surface area contributed by atoms with Crippen molar-refractivity contribution in [3.05, 3.63) is 42.0 Å². The Hall–Kier alpha value is -2.14. The zero-order valence-electron chi connectivity index (χ0n) is 11.8. The normalized spacial score (nSPS) is 10.7. The summed E-state index contributed by atoms with van der Waals surface area (Å²) in [7, 11) is 1.60. The van der Waals surface area contributed by atoms with Crippen molar-refractivity contribution in [2.24, 2.45) is 0 Å². The molecule has 0 unspecified atom stereocenters. The Morgan fingerprint density at radius 1 is 1.25 bits per heavy atom. The first kappa shape index (κ1) is 14.3. The monoisotopic (exact) mass is 274 g/mol. The Morgan fingerprint density at radius 3 is 2.65 bits per heavy atom. The van der Waals surface area contributed by atoms with Crippen molar-refractivity contribution in [3.8, 4) is 17.2 Å². The molecule has 2 rings (SSSR count). The number of nitrogens with zero attached hydrogens (tertiary/aromatic N) is 2. The van der Waals surface area contributed by atoms with Crippen LogP contribution in [0.3, 0.4) is 0 Å². The van der Waals surface area contributed by atoms with E-state index in [9.17, 15) is 5.11 Å². The average Bonchev–Trinajstić information content (AvgIpc) is 2.47. The smallest absolute Gasteiger partial charge is 0.169 e. The van der Waals surface area contributed by atoms with Gasteiger partial charge in [-0.05, 0) is 12.1 Å². The number of ether oxygens (including phenoxy) is 2. The summed E-state index contributed by atoms with van der Waals surface area (Å²) in [5, 5.41) is 9.41. The van der Waals surface area contributed by atoms with E-state index in [2.05, 4.69) is 9.97 Å². The fraction of sp³-hybridized carbons (Fsp3) is 0.333. The van der Waals surface area contributed by atoms with Crippen LogP contribution in [0.25, 0.3) is 0 Å². The van der Waals surface area contributed by atoms with Gasteiger partial charge in [0.25, 0.3) is 0 Å². The molecule has 106 valence electrons. The van der Waals surface area contributed by atoms with Crippen LogP contribution in [0.2, 0.25) is 0 Å². The molecule has 0 bridgehead atoms. The first-order valence-corrected chi connectivity index (χ1v) is 6.42. The largest absolute Gasteiger partial charge is 0.497 e. The van der Waals surface area contributed by atoms with Crippen LogP contribution in [0.4, 0.5) is 0 Å². The van der Waals surface area contributed by atoms with Gasteiger partial charge in [0.15, 0.2) is 5.75 Å². The molecule has 0 atom stereocenters. The Balaban J connectivity index is 2.28. The molecule has 0 aliphatic heterocycles. The number of hydrogen-bond acceptors (Lipinski definition) is 5. The van der Waals surface area contributed by atoms with Crippen molar-refractivity contribution in [2.45, 2.75) is 26.4 Å². The van der Waals surface area contributed by atoms with E-state index in [0.717, 1.165) is 0 Å². The van der Waals surface area contributed by atoms with Crippen LogP contribution >= 0.6 is 0 Å². The summed E-state index contributed by atoms with van der Waals surface area (Å²) in [5.74, 6) is 2.65. The lowest BCUT2D eigenvalue weighted by atomic mass is 10.2. The van der Waals surface area contributed by atoms with Crippen LogP contribution in [0.1, 0.15) is 31.3 Å². The minimum atomic E-state index is -0.193. The molecule has 5 nitrogen and oxygen atoms in total. The average molecular weight is 274 g/mol. The molecular formula is C15H18N2O3. The summed E-state index contributed by atoms with van der Waals surface area (Å²) in [6.45, 7) is 3.81. The number of aliphatic hydroxyl groups excluding tert-OH is 1. The van der Waals surface area contributed by atoms with Crippen LogP contribution in [-0.4, -0.2) is 22.2 Å². The highest BCUT2D eigenvalue weighted by Gasteiger charge is 2.11. The third-order valence-corrected chi connectivity index (χ3v) is 2.78. The van der Waals surface area contributed by atoms with Crippen molar-refractivity contribution in [1.82, 2.24) is 9.97 Å². The minimum Gasteiger partial charge on any atom is -0.497 e. The molecule has 1 aromatic heterocycles. The van der Waals surface area contributed by atoms with E-state index in [4.69, 9.17) is 9.47 Å². The maximum Gasteiger partial charge on any atom is 0.169 e. The molecule has 5 heteroatoms. The molecule has 0 spiro atoms. The van der Waals surface area contributed by atoms with Gasteiger partial charge >= 0.3 is 0 Å². The van der Waals surface area contributed by atoms with Crippen molar-refractivity contribution < 1.29 is 14.6 Å². The number of methoxy groups -OCH3 is 1. The second-order valence-electron chi connectivity index (χ2n) is 4.63. The summed E-state index contributed by atoms with van der Waals surface area (Å²) in [6.07, 6.45) is 1.59. The van der Waals surface area contributed by atoms with Gasteiger partial charge in [-0.25, -0.2) is 9.97 Å². The molecular weight excluding hydrogens is 256 g/mol. The van der Waals surface area contributed by atoms with Crippen molar-refractivity contribution in [1.29, 1.82) is 0 Å². The maximum absolute atomic E-state index is 9.41. The summed E-state index contributed by atoms with van der Waals surface area (Å²) in [5.41, 5.74) is 0.478. The van der Waals surface area contributed by atoms with Crippen molar-refractivity contribution in [3.63, 3.8) is 0 Å². The van der Waals surface area contributed by atoms with E-state index >= 15 is 0 Å². The number of rotatable bonds is 5. The number of hydrogen-bond donors (Lipinski definition) is 1. The van der Waals surface area contributed by atoms with Crippen LogP contribution in [0.15, 0.2) is 30.5 Å². The van der Waals surface area contributed by atoms with Crippen molar-refractivity contribution >= 4 is 0 Å². The molecule has 0 saturated heterocycles. The van der Waals surface area contributed by atoms with E-state index in [1.165, 1.54) is 0 Å². The van der Waals surface area contributed by atoms with E-state index in [1.807, 2.05) is 26.0 Å². The van der Waals surface area contributed by atoms with Crippen LogP contribution in [0.5, 0.6) is 17.2 Å². The number of benzene rings is 1. The predicted octanol–water partition coefficient (Wildman–Crippen LogP) is 2.89.